The second kappa shape index (κ2) is 8.75. The molecule has 0 aliphatic carbocycles. The fourth-order valence-electron chi connectivity index (χ4n) is 4.56. The summed E-state index contributed by atoms with van der Waals surface area (Å²) in [5, 5.41) is 11.1. The van der Waals surface area contributed by atoms with E-state index in [0.717, 1.165) is 67.3 Å². The summed E-state index contributed by atoms with van der Waals surface area (Å²) in [5.41, 5.74) is 5.77. The number of thiophene rings is 1. The number of aromatic amines is 1. The molecule has 1 aliphatic heterocycles. The Hall–Kier alpha value is -3.82. The first kappa shape index (κ1) is 21.7. The highest BCUT2D eigenvalue weighted by molar-refractivity contribution is 7.23. The van der Waals surface area contributed by atoms with E-state index in [1.54, 1.807) is 11.3 Å². The topological polar surface area (TPSA) is 96.0 Å². The largest absolute Gasteiger partial charge is 0.378 e. The number of nitrogens with one attached hydrogen (secondary N) is 2. The van der Waals surface area contributed by atoms with Gasteiger partial charge < -0.3 is 15.0 Å². The molecular weight excluding hydrogens is 460 g/mol. The van der Waals surface area contributed by atoms with Crippen LogP contribution in [-0.4, -0.2) is 52.4 Å². The number of fused-ring (bicyclic) bond motifs is 2. The van der Waals surface area contributed by atoms with E-state index >= 15 is 0 Å². The summed E-state index contributed by atoms with van der Waals surface area (Å²) < 4.78 is 6.67. The van der Waals surface area contributed by atoms with Crippen LogP contribution in [0.4, 0.5) is 11.5 Å². The Morgan fingerprint density at radius 3 is 2.80 bits per heavy atom. The lowest BCUT2D eigenvalue weighted by Gasteiger charge is -2.28. The van der Waals surface area contributed by atoms with Gasteiger partial charge in [-0.25, -0.2) is 9.97 Å². The number of hydrogen-bond donors (Lipinski definition) is 2. The van der Waals surface area contributed by atoms with Gasteiger partial charge in [0, 0.05) is 41.5 Å². The average Bonchev–Trinajstić information content (AvgIpc) is 3.48. The smallest absolute Gasteiger partial charge is 0.221 e. The van der Waals surface area contributed by atoms with E-state index < -0.39 is 0 Å². The molecule has 1 saturated heterocycles. The Morgan fingerprint density at radius 1 is 1.14 bits per heavy atom. The van der Waals surface area contributed by atoms with Crippen LogP contribution < -0.4 is 10.2 Å². The number of nitrogens with zero attached hydrogens (tertiary/aromatic N) is 4. The minimum absolute atomic E-state index is 0.0891. The molecule has 0 bridgehead atoms. The van der Waals surface area contributed by atoms with E-state index in [0.29, 0.717) is 19.0 Å². The van der Waals surface area contributed by atoms with E-state index in [9.17, 15) is 4.79 Å². The lowest BCUT2D eigenvalue weighted by atomic mass is 10.1. The number of carbonyl (C=O) groups excluding carboxylic acids is 1. The van der Waals surface area contributed by atoms with Gasteiger partial charge in [0.2, 0.25) is 5.91 Å². The minimum atomic E-state index is -0.0891. The molecule has 0 atom stereocenters. The fourth-order valence-corrected chi connectivity index (χ4v) is 5.82. The molecule has 0 radical (unpaired) electrons. The van der Waals surface area contributed by atoms with Gasteiger partial charge in [-0.15, -0.1) is 11.3 Å². The molecule has 4 heterocycles. The zero-order valence-electron chi connectivity index (χ0n) is 19.5. The van der Waals surface area contributed by atoms with Crippen molar-refractivity contribution < 1.29 is 9.53 Å². The number of amides is 1. The number of ether oxygens (including phenoxy) is 1. The Labute approximate surface area is 206 Å². The predicted molar refractivity (Wildman–Crippen MR) is 140 cm³/mol. The number of aryl methyl sites for hydroxylation is 1. The second-order valence-electron chi connectivity index (χ2n) is 8.60. The number of hydrogen-bond acceptors (Lipinski definition) is 7. The normalized spacial score (nSPS) is 14.1. The number of anilines is 2. The molecule has 35 heavy (non-hydrogen) atoms. The Morgan fingerprint density at radius 2 is 1.97 bits per heavy atom. The molecular formula is C26H24N6O2S. The van der Waals surface area contributed by atoms with Crippen LogP contribution in [0.2, 0.25) is 0 Å². The van der Waals surface area contributed by atoms with Gasteiger partial charge in [-0.05, 0) is 36.2 Å². The molecule has 1 fully saturated rings. The fraction of sp³-hybridized carbons (Fsp3) is 0.231. The maximum atomic E-state index is 11.6. The molecule has 1 aliphatic rings. The summed E-state index contributed by atoms with van der Waals surface area (Å²) in [6.07, 6.45) is 1.83. The van der Waals surface area contributed by atoms with Crippen LogP contribution in [0.25, 0.3) is 42.9 Å². The van der Waals surface area contributed by atoms with Gasteiger partial charge in [0.1, 0.15) is 0 Å². The van der Waals surface area contributed by atoms with Crippen molar-refractivity contribution in [2.45, 2.75) is 13.8 Å². The van der Waals surface area contributed by atoms with Crippen molar-refractivity contribution in [1.29, 1.82) is 0 Å². The van der Waals surface area contributed by atoms with E-state index in [1.165, 1.54) is 6.92 Å². The van der Waals surface area contributed by atoms with Crippen LogP contribution in [0.1, 0.15) is 12.5 Å². The molecule has 9 heteroatoms. The summed E-state index contributed by atoms with van der Waals surface area (Å²) in [5.74, 6) is 1.53. The predicted octanol–water partition coefficient (Wildman–Crippen LogP) is 5.01. The standard InChI is InChI=1S/C26H24N6O2S/c1-15-22-24(35-23(15)17-5-3-6-18(13-17)28-16(2)33)26(32-9-11-34-12-10-32)30-25(29-22)19-7-4-8-21-20(19)14-27-31-21/h3-8,13-14H,9-12H2,1-2H3,(H,27,31)(H,28,33). The molecule has 1 amide bonds. The van der Waals surface area contributed by atoms with Crippen LogP contribution in [0, 0.1) is 6.92 Å². The highest BCUT2D eigenvalue weighted by Crippen LogP contribution is 2.43. The van der Waals surface area contributed by atoms with E-state index in [4.69, 9.17) is 14.7 Å². The first-order valence-electron chi connectivity index (χ1n) is 11.5. The molecule has 176 valence electrons. The minimum Gasteiger partial charge on any atom is -0.378 e. The van der Waals surface area contributed by atoms with Crippen LogP contribution >= 0.6 is 11.3 Å². The van der Waals surface area contributed by atoms with Crippen molar-refractivity contribution in [1.82, 2.24) is 20.2 Å². The van der Waals surface area contributed by atoms with Gasteiger partial charge in [0.15, 0.2) is 11.6 Å². The Bertz CT molecular complexity index is 1570. The van der Waals surface area contributed by atoms with Gasteiger partial charge in [-0.2, -0.15) is 5.10 Å². The Balaban J connectivity index is 1.56. The highest BCUT2D eigenvalue weighted by atomic mass is 32.1. The first-order chi connectivity index (χ1) is 17.1. The van der Waals surface area contributed by atoms with Gasteiger partial charge in [0.25, 0.3) is 0 Å². The van der Waals surface area contributed by atoms with Gasteiger partial charge in [0.05, 0.1) is 35.1 Å². The van der Waals surface area contributed by atoms with Gasteiger partial charge >= 0.3 is 0 Å². The summed E-state index contributed by atoms with van der Waals surface area (Å²) in [7, 11) is 0. The zero-order chi connectivity index (χ0) is 23.9. The summed E-state index contributed by atoms with van der Waals surface area (Å²) in [4.78, 5) is 25.2. The van der Waals surface area contributed by atoms with Crippen LogP contribution in [0.15, 0.2) is 48.7 Å². The maximum Gasteiger partial charge on any atom is 0.221 e. The van der Waals surface area contributed by atoms with Crippen LogP contribution in [-0.2, 0) is 9.53 Å². The molecule has 0 unspecified atom stereocenters. The first-order valence-corrected chi connectivity index (χ1v) is 12.3. The number of carbonyl (C=O) groups is 1. The Kier molecular flexibility index (Phi) is 5.43. The molecule has 0 saturated carbocycles. The lowest BCUT2D eigenvalue weighted by Crippen LogP contribution is -2.36. The van der Waals surface area contributed by atoms with E-state index in [1.807, 2.05) is 42.6 Å². The molecule has 5 aromatic rings. The monoisotopic (exact) mass is 484 g/mol. The molecule has 3 aromatic heterocycles. The van der Waals surface area contributed by atoms with Crippen molar-refractivity contribution in [2.75, 3.05) is 36.5 Å². The third-order valence-corrected chi connectivity index (χ3v) is 7.56. The summed E-state index contributed by atoms with van der Waals surface area (Å²) in [6, 6.07) is 14.0. The van der Waals surface area contributed by atoms with Crippen molar-refractivity contribution in [2.24, 2.45) is 0 Å². The van der Waals surface area contributed by atoms with Gasteiger partial charge in [-0.3, -0.25) is 9.89 Å². The quantitative estimate of drug-likeness (QED) is 0.373. The number of aromatic nitrogens is 4. The maximum absolute atomic E-state index is 11.6. The number of H-pyrrole nitrogens is 1. The molecule has 8 nitrogen and oxygen atoms in total. The summed E-state index contributed by atoms with van der Waals surface area (Å²) in [6.45, 7) is 6.54. The van der Waals surface area contributed by atoms with Crippen molar-refractivity contribution in [3.63, 3.8) is 0 Å². The second-order valence-corrected chi connectivity index (χ2v) is 9.62. The van der Waals surface area contributed by atoms with Crippen LogP contribution in [0.3, 0.4) is 0 Å². The lowest BCUT2D eigenvalue weighted by molar-refractivity contribution is -0.114. The van der Waals surface area contributed by atoms with Gasteiger partial charge in [-0.1, -0.05) is 24.3 Å². The van der Waals surface area contributed by atoms with Crippen molar-refractivity contribution >= 4 is 49.9 Å². The number of rotatable bonds is 4. The van der Waals surface area contributed by atoms with Crippen molar-refractivity contribution in [3.8, 4) is 21.8 Å². The zero-order valence-corrected chi connectivity index (χ0v) is 20.3. The molecule has 2 N–H and O–H groups in total. The highest BCUT2D eigenvalue weighted by Gasteiger charge is 2.23. The average molecular weight is 485 g/mol. The van der Waals surface area contributed by atoms with Crippen LogP contribution in [0.5, 0.6) is 0 Å². The number of benzene rings is 2. The SMILES string of the molecule is CC(=O)Nc1cccc(-c2sc3c(N4CCOCC4)nc(-c4cccc5[nH]ncc45)nc3c2C)c1. The molecule has 0 spiro atoms. The van der Waals surface area contributed by atoms with E-state index in [-0.39, 0.29) is 5.91 Å². The summed E-state index contributed by atoms with van der Waals surface area (Å²) >= 11 is 1.70. The third kappa shape index (κ3) is 3.92. The molecule has 2 aromatic carbocycles. The molecule has 6 rings (SSSR count). The van der Waals surface area contributed by atoms with E-state index in [2.05, 4.69) is 33.4 Å². The number of morpholine rings is 1. The van der Waals surface area contributed by atoms with Crippen molar-refractivity contribution in [3.05, 3.63) is 54.2 Å². The third-order valence-electron chi connectivity index (χ3n) is 6.23.